The third kappa shape index (κ3) is 2.06. The van der Waals surface area contributed by atoms with Gasteiger partial charge in [-0.25, -0.2) is 4.98 Å². The SMILES string of the molecule is Cc1cccc2cc3c(nc12)-c1cccc2cccc(c12)N3c1ccccc1. The van der Waals surface area contributed by atoms with E-state index in [1.807, 2.05) is 0 Å². The van der Waals surface area contributed by atoms with Crippen molar-refractivity contribution in [3.63, 3.8) is 0 Å². The summed E-state index contributed by atoms with van der Waals surface area (Å²) in [6.07, 6.45) is 0. The van der Waals surface area contributed by atoms with Gasteiger partial charge in [-0.2, -0.15) is 0 Å². The number of hydrogen-bond donors (Lipinski definition) is 0. The number of benzene rings is 4. The predicted octanol–water partition coefficient (Wildman–Crippen LogP) is 7.15. The van der Waals surface area contributed by atoms with Crippen LogP contribution in [0.15, 0.2) is 91.0 Å². The Morgan fingerprint density at radius 1 is 0.679 bits per heavy atom. The van der Waals surface area contributed by atoms with Gasteiger partial charge >= 0.3 is 0 Å². The number of fused-ring (bicyclic) bond motifs is 3. The average Bonchev–Trinajstić information content (AvgIpc) is 2.74. The lowest BCUT2D eigenvalue weighted by atomic mass is 9.93. The maximum atomic E-state index is 5.17. The molecule has 0 unspecified atom stereocenters. The molecule has 0 atom stereocenters. The molecule has 1 aliphatic rings. The second-order valence-electron chi connectivity index (χ2n) is 7.35. The van der Waals surface area contributed by atoms with Gasteiger partial charge < -0.3 is 4.90 Å². The number of rotatable bonds is 1. The topological polar surface area (TPSA) is 16.1 Å². The Morgan fingerprint density at radius 3 is 2.29 bits per heavy atom. The Bertz CT molecular complexity index is 1360. The lowest BCUT2D eigenvalue weighted by molar-refractivity contribution is 1.25. The van der Waals surface area contributed by atoms with Crippen LogP contribution in [0.4, 0.5) is 17.1 Å². The molecule has 2 heterocycles. The van der Waals surface area contributed by atoms with E-state index in [-0.39, 0.29) is 0 Å². The van der Waals surface area contributed by atoms with Crippen molar-refractivity contribution < 1.29 is 0 Å². The second kappa shape index (κ2) is 5.67. The third-order valence-electron chi connectivity index (χ3n) is 5.66. The molecule has 132 valence electrons. The van der Waals surface area contributed by atoms with Gasteiger partial charge in [-0.15, -0.1) is 0 Å². The number of para-hydroxylation sites is 2. The molecule has 0 saturated heterocycles. The van der Waals surface area contributed by atoms with Crippen molar-refractivity contribution in [2.75, 3.05) is 4.90 Å². The lowest BCUT2D eigenvalue weighted by Crippen LogP contribution is -2.16. The summed E-state index contributed by atoms with van der Waals surface area (Å²) in [4.78, 5) is 7.52. The maximum absolute atomic E-state index is 5.17. The Hall–Kier alpha value is -3.65. The number of anilines is 3. The van der Waals surface area contributed by atoms with Crippen LogP contribution in [-0.2, 0) is 0 Å². The van der Waals surface area contributed by atoms with E-state index in [1.165, 1.54) is 33.0 Å². The summed E-state index contributed by atoms with van der Waals surface area (Å²) in [5.41, 5.74) is 8.04. The number of pyridine rings is 1. The number of hydrogen-bond acceptors (Lipinski definition) is 2. The van der Waals surface area contributed by atoms with Crippen molar-refractivity contribution in [2.45, 2.75) is 6.92 Å². The average molecular weight is 358 g/mol. The van der Waals surface area contributed by atoms with Crippen LogP contribution in [0.2, 0.25) is 0 Å². The highest BCUT2D eigenvalue weighted by Crippen LogP contribution is 2.50. The molecule has 0 saturated carbocycles. The molecular formula is C26H18N2. The zero-order valence-electron chi connectivity index (χ0n) is 15.6. The van der Waals surface area contributed by atoms with Crippen LogP contribution in [0.1, 0.15) is 5.56 Å². The first-order valence-electron chi connectivity index (χ1n) is 9.59. The molecule has 28 heavy (non-hydrogen) atoms. The first kappa shape index (κ1) is 15.4. The van der Waals surface area contributed by atoms with Crippen LogP contribution in [-0.4, -0.2) is 4.98 Å². The maximum Gasteiger partial charge on any atom is 0.0957 e. The zero-order chi connectivity index (χ0) is 18.7. The van der Waals surface area contributed by atoms with Crippen molar-refractivity contribution in [1.82, 2.24) is 4.98 Å². The number of aromatic nitrogens is 1. The van der Waals surface area contributed by atoms with E-state index in [0.717, 1.165) is 22.6 Å². The molecule has 2 nitrogen and oxygen atoms in total. The Morgan fingerprint density at radius 2 is 1.43 bits per heavy atom. The van der Waals surface area contributed by atoms with Crippen molar-refractivity contribution in [3.05, 3.63) is 96.6 Å². The van der Waals surface area contributed by atoms with E-state index >= 15 is 0 Å². The standard InChI is InChI=1S/C26H18N2/c1-17-8-5-11-19-16-23-26(27-25(17)19)21-14-6-9-18-10-7-15-22(24(18)21)28(23)20-12-3-2-4-13-20/h2-16H,1H3. The summed E-state index contributed by atoms with van der Waals surface area (Å²) in [6, 6.07) is 32.3. The largest absolute Gasteiger partial charge is 0.308 e. The smallest absolute Gasteiger partial charge is 0.0957 e. The molecule has 2 heteroatoms. The van der Waals surface area contributed by atoms with E-state index in [0.29, 0.717) is 0 Å². The summed E-state index contributed by atoms with van der Waals surface area (Å²) in [6.45, 7) is 2.13. The molecule has 0 N–H and O–H groups in total. The molecule has 1 aliphatic heterocycles. The van der Waals surface area contributed by atoms with Crippen LogP contribution in [0, 0.1) is 6.92 Å². The van der Waals surface area contributed by atoms with Crippen LogP contribution >= 0.6 is 0 Å². The van der Waals surface area contributed by atoms with Gasteiger partial charge in [0.1, 0.15) is 0 Å². The highest BCUT2D eigenvalue weighted by Gasteiger charge is 2.27. The number of nitrogens with zero attached hydrogens (tertiary/aromatic N) is 2. The molecule has 0 amide bonds. The fraction of sp³-hybridized carbons (Fsp3) is 0.0385. The first-order chi connectivity index (χ1) is 13.8. The highest BCUT2D eigenvalue weighted by molar-refractivity contribution is 6.14. The third-order valence-corrected chi connectivity index (χ3v) is 5.66. The second-order valence-corrected chi connectivity index (χ2v) is 7.35. The molecule has 0 spiro atoms. The zero-order valence-corrected chi connectivity index (χ0v) is 15.6. The van der Waals surface area contributed by atoms with Crippen molar-refractivity contribution in [2.24, 2.45) is 0 Å². The van der Waals surface area contributed by atoms with Crippen LogP contribution in [0.5, 0.6) is 0 Å². The summed E-state index contributed by atoms with van der Waals surface area (Å²) < 4.78 is 0. The van der Waals surface area contributed by atoms with E-state index < -0.39 is 0 Å². The summed E-state index contributed by atoms with van der Waals surface area (Å²) in [7, 11) is 0. The van der Waals surface area contributed by atoms with E-state index in [1.54, 1.807) is 0 Å². The highest BCUT2D eigenvalue weighted by atomic mass is 15.2. The minimum atomic E-state index is 1.05. The van der Waals surface area contributed by atoms with Gasteiger partial charge in [-0.3, -0.25) is 0 Å². The first-order valence-corrected chi connectivity index (χ1v) is 9.59. The molecule has 4 aromatic carbocycles. The minimum absolute atomic E-state index is 1.05. The van der Waals surface area contributed by atoms with Gasteiger partial charge in [-0.1, -0.05) is 66.7 Å². The molecule has 0 radical (unpaired) electrons. The Labute approximate surface area is 163 Å². The molecule has 0 fully saturated rings. The molecule has 5 aromatic rings. The fourth-order valence-electron chi connectivity index (χ4n) is 4.39. The normalized spacial score (nSPS) is 12.4. The molecule has 1 aromatic heterocycles. The van der Waals surface area contributed by atoms with Crippen LogP contribution < -0.4 is 4.90 Å². The fourth-order valence-corrected chi connectivity index (χ4v) is 4.39. The Balaban J connectivity index is 1.80. The monoisotopic (exact) mass is 358 g/mol. The van der Waals surface area contributed by atoms with Crippen LogP contribution in [0.25, 0.3) is 32.9 Å². The molecule has 0 bridgehead atoms. The van der Waals surface area contributed by atoms with Crippen molar-refractivity contribution >= 4 is 38.7 Å². The minimum Gasteiger partial charge on any atom is -0.308 e. The summed E-state index contributed by atoms with van der Waals surface area (Å²) in [5.74, 6) is 0. The molecular weight excluding hydrogens is 340 g/mol. The van der Waals surface area contributed by atoms with E-state index in [4.69, 9.17) is 4.98 Å². The van der Waals surface area contributed by atoms with E-state index in [9.17, 15) is 0 Å². The van der Waals surface area contributed by atoms with E-state index in [2.05, 4.69) is 103 Å². The quantitative estimate of drug-likeness (QED) is 0.310. The lowest BCUT2D eigenvalue weighted by Gasteiger charge is -2.33. The van der Waals surface area contributed by atoms with Crippen molar-refractivity contribution in [1.29, 1.82) is 0 Å². The molecule has 0 aliphatic carbocycles. The van der Waals surface area contributed by atoms with Gasteiger partial charge in [0.05, 0.1) is 22.6 Å². The predicted molar refractivity (Wildman–Crippen MR) is 118 cm³/mol. The van der Waals surface area contributed by atoms with Gasteiger partial charge in [0.2, 0.25) is 0 Å². The Kier molecular flexibility index (Phi) is 3.12. The van der Waals surface area contributed by atoms with Gasteiger partial charge in [0, 0.05) is 22.0 Å². The van der Waals surface area contributed by atoms with Crippen molar-refractivity contribution in [3.8, 4) is 11.3 Å². The molecule has 6 rings (SSSR count). The van der Waals surface area contributed by atoms with Gasteiger partial charge in [0.15, 0.2) is 0 Å². The van der Waals surface area contributed by atoms with Gasteiger partial charge in [-0.05, 0) is 42.1 Å². The number of aryl methyl sites for hydroxylation is 1. The van der Waals surface area contributed by atoms with Gasteiger partial charge in [0.25, 0.3) is 0 Å². The summed E-state index contributed by atoms with van der Waals surface area (Å²) in [5, 5.41) is 3.68. The van der Waals surface area contributed by atoms with Crippen LogP contribution in [0.3, 0.4) is 0 Å². The summed E-state index contributed by atoms with van der Waals surface area (Å²) >= 11 is 0.